The highest BCUT2D eigenvalue weighted by Crippen LogP contribution is 2.48. The molecule has 2 fully saturated rings. The van der Waals surface area contributed by atoms with Gasteiger partial charge in [-0.1, -0.05) is 0 Å². The van der Waals surface area contributed by atoms with Crippen LogP contribution in [-0.4, -0.2) is 58.8 Å². The molecule has 0 aromatic carbocycles. The van der Waals surface area contributed by atoms with E-state index in [1.54, 1.807) is 0 Å². The van der Waals surface area contributed by atoms with E-state index in [9.17, 15) is 14.4 Å². The fraction of sp³-hybridized carbons (Fsp3) is 0.800. The lowest BCUT2D eigenvalue weighted by molar-refractivity contribution is -0.156. The fourth-order valence-electron chi connectivity index (χ4n) is 3.10. The first-order valence-electron chi connectivity index (χ1n) is 7.88. The van der Waals surface area contributed by atoms with Crippen molar-refractivity contribution < 1.29 is 24.2 Å². The molecule has 0 spiro atoms. The maximum absolute atomic E-state index is 12.8. The summed E-state index contributed by atoms with van der Waals surface area (Å²) in [4.78, 5) is 37.3. The number of amides is 1. The van der Waals surface area contributed by atoms with Gasteiger partial charge in [-0.15, -0.1) is 0 Å². The van der Waals surface area contributed by atoms with Crippen LogP contribution in [0.5, 0.6) is 0 Å². The standard InChI is InChI=1S/C15H24N2O5S/c1-22-15(21)11(7-23)17(14(20)10(16)6-12(18)19)13(8-2-3-8)9-4-5-9/h8-11,13,23H,2-7,16H2,1H3,(H,18,19)/t10-,11+/m0/s1. The average molecular weight is 344 g/mol. The van der Waals surface area contributed by atoms with E-state index >= 15 is 0 Å². The molecule has 0 aromatic rings. The van der Waals surface area contributed by atoms with Crippen LogP contribution in [0, 0.1) is 11.8 Å². The predicted molar refractivity (Wildman–Crippen MR) is 86.0 cm³/mol. The van der Waals surface area contributed by atoms with E-state index in [0.717, 1.165) is 25.7 Å². The third kappa shape index (κ3) is 4.38. The SMILES string of the molecule is COC(=O)[C@@H](CS)N(C(=O)[C@@H](N)CC(=O)O)C(C1CC1)C1CC1. The summed E-state index contributed by atoms with van der Waals surface area (Å²) < 4.78 is 4.81. The number of rotatable bonds is 9. The van der Waals surface area contributed by atoms with Crippen LogP contribution in [0.15, 0.2) is 0 Å². The number of methoxy groups -OCH3 is 1. The van der Waals surface area contributed by atoms with Gasteiger partial charge < -0.3 is 20.5 Å². The highest BCUT2D eigenvalue weighted by Gasteiger charge is 2.50. The maximum atomic E-state index is 12.8. The Kier molecular flexibility index (Phi) is 5.91. The van der Waals surface area contributed by atoms with Crippen LogP contribution in [0.1, 0.15) is 32.1 Å². The number of nitrogens with two attached hydrogens (primary N) is 1. The molecule has 2 rings (SSSR count). The van der Waals surface area contributed by atoms with Gasteiger partial charge in [0.25, 0.3) is 0 Å². The number of esters is 1. The third-order valence-electron chi connectivity index (χ3n) is 4.48. The van der Waals surface area contributed by atoms with Crippen LogP contribution in [-0.2, 0) is 19.1 Å². The summed E-state index contributed by atoms with van der Waals surface area (Å²) in [7, 11) is 1.27. The number of hydrogen-bond acceptors (Lipinski definition) is 6. The monoisotopic (exact) mass is 344 g/mol. The van der Waals surface area contributed by atoms with Crippen LogP contribution in [0.25, 0.3) is 0 Å². The van der Waals surface area contributed by atoms with Crippen LogP contribution in [0.3, 0.4) is 0 Å². The summed E-state index contributed by atoms with van der Waals surface area (Å²) in [5, 5.41) is 8.89. The van der Waals surface area contributed by atoms with Crippen molar-refractivity contribution in [1.82, 2.24) is 4.90 Å². The molecule has 2 atom stereocenters. The first-order chi connectivity index (χ1) is 10.9. The zero-order valence-corrected chi connectivity index (χ0v) is 14.1. The van der Waals surface area contributed by atoms with Crippen molar-refractivity contribution in [3.63, 3.8) is 0 Å². The van der Waals surface area contributed by atoms with Crippen molar-refractivity contribution in [3.8, 4) is 0 Å². The van der Waals surface area contributed by atoms with Gasteiger partial charge in [0.15, 0.2) is 0 Å². The van der Waals surface area contributed by atoms with Crippen LogP contribution in [0.4, 0.5) is 0 Å². The molecule has 2 aliphatic rings. The largest absolute Gasteiger partial charge is 0.481 e. The molecule has 0 heterocycles. The van der Waals surface area contributed by atoms with Gasteiger partial charge in [-0.05, 0) is 37.5 Å². The zero-order valence-electron chi connectivity index (χ0n) is 13.2. The number of carbonyl (C=O) groups excluding carboxylic acids is 2. The maximum Gasteiger partial charge on any atom is 0.329 e. The molecule has 7 nitrogen and oxygen atoms in total. The van der Waals surface area contributed by atoms with Crippen molar-refractivity contribution in [2.24, 2.45) is 17.6 Å². The van der Waals surface area contributed by atoms with Crippen molar-refractivity contribution in [2.45, 2.75) is 50.2 Å². The lowest BCUT2D eigenvalue weighted by atomic mass is 10.0. The topological polar surface area (TPSA) is 110 Å². The number of carbonyl (C=O) groups is 3. The van der Waals surface area contributed by atoms with Crippen LogP contribution >= 0.6 is 12.6 Å². The molecule has 8 heteroatoms. The second-order valence-electron chi connectivity index (χ2n) is 6.34. The molecule has 0 aliphatic heterocycles. The quantitative estimate of drug-likeness (QED) is 0.409. The number of hydrogen-bond donors (Lipinski definition) is 3. The van der Waals surface area contributed by atoms with E-state index in [4.69, 9.17) is 15.6 Å². The van der Waals surface area contributed by atoms with Gasteiger partial charge in [-0.25, -0.2) is 4.79 Å². The average Bonchev–Trinajstić information content (AvgIpc) is 3.37. The Morgan fingerprint density at radius 2 is 1.78 bits per heavy atom. The first kappa shape index (κ1) is 18.1. The highest BCUT2D eigenvalue weighted by molar-refractivity contribution is 7.80. The van der Waals surface area contributed by atoms with Gasteiger partial charge in [0.1, 0.15) is 6.04 Å². The molecule has 2 saturated carbocycles. The molecule has 0 bridgehead atoms. The first-order valence-corrected chi connectivity index (χ1v) is 8.52. The van der Waals surface area contributed by atoms with Crippen molar-refractivity contribution in [2.75, 3.05) is 12.9 Å². The van der Waals surface area contributed by atoms with E-state index < -0.39 is 36.4 Å². The minimum Gasteiger partial charge on any atom is -0.481 e. The summed E-state index contributed by atoms with van der Waals surface area (Å²) in [5.74, 6) is -1.34. The summed E-state index contributed by atoms with van der Waals surface area (Å²) in [5.41, 5.74) is 5.78. The van der Waals surface area contributed by atoms with Gasteiger partial charge in [0, 0.05) is 11.8 Å². The normalized spacial score (nSPS) is 20.0. The third-order valence-corrected chi connectivity index (χ3v) is 4.83. The van der Waals surface area contributed by atoms with Crippen LogP contribution in [0.2, 0.25) is 0 Å². The molecule has 0 radical (unpaired) electrons. The Balaban J connectivity index is 2.27. The van der Waals surface area contributed by atoms with E-state index in [1.165, 1.54) is 12.0 Å². The van der Waals surface area contributed by atoms with Gasteiger partial charge >= 0.3 is 11.9 Å². The number of carboxylic acids is 1. The number of thiol groups is 1. The van der Waals surface area contributed by atoms with Crippen molar-refractivity contribution in [3.05, 3.63) is 0 Å². The van der Waals surface area contributed by atoms with Gasteiger partial charge in [0.05, 0.1) is 19.6 Å². The van der Waals surface area contributed by atoms with E-state index in [-0.39, 0.29) is 11.8 Å². The molecular weight excluding hydrogens is 320 g/mol. The molecule has 0 saturated heterocycles. The molecule has 0 unspecified atom stereocenters. The molecule has 3 N–H and O–H groups in total. The minimum absolute atomic E-state index is 0.0707. The lowest BCUT2D eigenvalue weighted by Gasteiger charge is -2.38. The molecule has 23 heavy (non-hydrogen) atoms. The summed E-state index contributed by atoms with van der Waals surface area (Å²) in [6, 6.07) is -2.07. The highest BCUT2D eigenvalue weighted by atomic mass is 32.1. The summed E-state index contributed by atoms with van der Waals surface area (Å²) in [6.45, 7) is 0. The smallest absolute Gasteiger partial charge is 0.329 e. The summed E-state index contributed by atoms with van der Waals surface area (Å²) >= 11 is 4.20. The van der Waals surface area contributed by atoms with E-state index in [0.29, 0.717) is 11.8 Å². The Labute approximate surface area is 140 Å². The Hall–Kier alpha value is -1.28. The minimum atomic E-state index is -1.17. The Morgan fingerprint density at radius 3 is 2.13 bits per heavy atom. The second-order valence-corrected chi connectivity index (χ2v) is 6.70. The molecule has 1 amide bonds. The summed E-state index contributed by atoms with van der Waals surface area (Å²) in [6.07, 6.45) is 3.59. The van der Waals surface area contributed by atoms with Crippen LogP contribution < -0.4 is 5.73 Å². The fourth-order valence-corrected chi connectivity index (χ4v) is 3.43. The molecular formula is C15H24N2O5S. The van der Waals surface area contributed by atoms with E-state index in [1.807, 2.05) is 0 Å². The van der Waals surface area contributed by atoms with Crippen molar-refractivity contribution in [1.29, 1.82) is 0 Å². The zero-order chi connectivity index (χ0) is 17.1. The number of ether oxygens (including phenoxy) is 1. The molecule has 0 aromatic heterocycles. The van der Waals surface area contributed by atoms with Crippen molar-refractivity contribution >= 4 is 30.5 Å². The Morgan fingerprint density at radius 1 is 1.26 bits per heavy atom. The predicted octanol–water partition coefficient (Wildman–Crippen LogP) is 0.277. The van der Waals surface area contributed by atoms with Gasteiger partial charge in [-0.3, -0.25) is 9.59 Å². The number of nitrogens with zero attached hydrogens (tertiary/aromatic N) is 1. The molecule has 130 valence electrons. The van der Waals surface area contributed by atoms with Gasteiger partial charge in [0.2, 0.25) is 5.91 Å². The number of aliphatic carboxylic acids is 1. The lowest BCUT2D eigenvalue weighted by Crippen LogP contribution is -2.58. The van der Waals surface area contributed by atoms with Gasteiger partial charge in [-0.2, -0.15) is 12.6 Å². The van der Waals surface area contributed by atoms with E-state index in [2.05, 4.69) is 12.6 Å². The number of carboxylic acid groups (broad SMARTS) is 1. The molecule has 2 aliphatic carbocycles. The Bertz CT molecular complexity index is 466. The second kappa shape index (κ2) is 7.53.